The van der Waals surface area contributed by atoms with Gasteiger partial charge in [0.15, 0.2) is 0 Å². The molecule has 1 unspecified atom stereocenters. The molecule has 0 aromatic heterocycles. The van der Waals surface area contributed by atoms with E-state index in [9.17, 15) is 0 Å². The topological polar surface area (TPSA) is 12.0 Å². The van der Waals surface area contributed by atoms with Crippen molar-refractivity contribution in [2.24, 2.45) is 0 Å². The molecular formula is C16H16BrCl2N. The first-order chi connectivity index (χ1) is 9.54. The maximum absolute atomic E-state index is 6.38. The Morgan fingerprint density at radius 3 is 2.60 bits per heavy atom. The average Bonchev–Trinajstić information content (AvgIpc) is 2.43. The zero-order valence-corrected chi connectivity index (χ0v) is 14.5. The third-order valence-corrected chi connectivity index (χ3v) is 4.72. The van der Waals surface area contributed by atoms with Gasteiger partial charge in [-0.2, -0.15) is 0 Å². The quantitative estimate of drug-likeness (QED) is 0.718. The maximum Gasteiger partial charge on any atom is 0.0643 e. The SMILES string of the molecule is CCNC(c1cc(C)ccc1Br)c1cccc(Cl)c1Cl. The second-order valence-corrected chi connectivity index (χ2v) is 6.30. The highest BCUT2D eigenvalue weighted by molar-refractivity contribution is 9.10. The van der Waals surface area contributed by atoms with Crippen molar-refractivity contribution < 1.29 is 0 Å². The molecule has 0 fully saturated rings. The van der Waals surface area contributed by atoms with E-state index in [4.69, 9.17) is 23.2 Å². The predicted molar refractivity (Wildman–Crippen MR) is 90.9 cm³/mol. The van der Waals surface area contributed by atoms with Crippen LogP contribution in [0.4, 0.5) is 0 Å². The summed E-state index contributed by atoms with van der Waals surface area (Å²) in [5, 5.41) is 4.66. The van der Waals surface area contributed by atoms with Crippen LogP contribution in [-0.2, 0) is 0 Å². The molecule has 0 spiro atoms. The number of hydrogen-bond acceptors (Lipinski definition) is 1. The summed E-state index contributed by atoms with van der Waals surface area (Å²) in [6.07, 6.45) is 0. The van der Waals surface area contributed by atoms with Gasteiger partial charge in [0.1, 0.15) is 0 Å². The van der Waals surface area contributed by atoms with Gasteiger partial charge >= 0.3 is 0 Å². The molecule has 0 saturated carbocycles. The lowest BCUT2D eigenvalue weighted by molar-refractivity contribution is 0.628. The molecule has 2 aromatic rings. The maximum atomic E-state index is 6.38. The van der Waals surface area contributed by atoms with Crippen LogP contribution in [0.3, 0.4) is 0 Å². The van der Waals surface area contributed by atoms with Gasteiger partial charge in [-0.3, -0.25) is 0 Å². The Kier molecular flexibility index (Phi) is 5.50. The van der Waals surface area contributed by atoms with Gasteiger partial charge in [0.2, 0.25) is 0 Å². The van der Waals surface area contributed by atoms with Crippen molar-refractivity contribution in [1.29, 1.82) is 0 Å². The molecule has 0 radical (unpaired) electrons. The van der Waals surface area contributed by atoms with Crippen LogP contribution in [0.1, 0.15) is 29.7 Å². The van der Waals surface area contributed by atoms with E-state index in [0.717, 1.165) is 22.1 Å². The van der Waals surface area contributed by atoms with Crippen LogP contribution >= 0.6 is 39.1 Å². The van der Waals surface area contributed by atoms with Gasteiger partial charge in [-0.25, -0.2) is 0 Å². The van der Waals surface area contributed by atoms with E-state index in [-0.39, 0.29) is 6.04 Å². The summed E-state index contributed by atoms with van der Waals surface area (Å²) in [6.45, 7) is 5.00. The van der Waals surface area contributed by atoms with Crippen molar-refractivity contribution in [3.05, 3.63) is 67.6 Å². The van der Waals surface area contributed by atoms with Crippen LogP contribution in [0.2, 0.25) is 10.0 Å². The number of aryl methyl sites for hydroxylation is 1. The minimum atomic E-state index is 0.0143. The van der Waals surface area contributed by atoms with E-state index in [1.165, 1.54) is 5.56 Å². The minimum absolute atomic E-state index is 0.0143. The summed E-state index contributed by atoms with van der Waals surface area (Å²) in [7, 11) is 0. The summed E-state index contributed by atoms with van der Waals surface area (Å²) in [5.74, 6) is 0. The Morgan fingerprint density at radius 2 is 1.90 bits per heavy atom. The van der Waals surface area contributed by atoms with Crippen molar-refractivity contribution in [2.45, 2.75) is 19.9 Å². The van der Waals surface area contributed by atoms with Crippen LogP contribution in [0.5, 0.6) is 0 Å². The molecule has 0 aliphatic heterocycles. The Balaban J connectivity index is 2.56. The molecule has 2 rings (SSSR count). The number of nitrogens with one attached hydrogen (secondary N) is 1. The highest BCUT2D eigenvalue weighted by atomic mass is 79.9. The summed E-state index contributed by atoms with van der Waals surface area (Å²) >= 11 is 16.1. The van der Waals surface area contributed by atoms with E-state index in [2.05, 4.69) is 53.3 Å². The van der Waals surface area contributed by atoms with Crippen molar-refractivity contribution in [1.82, 2.24) is 5.32 Å². The third-order valence-electron chi connectivity index (χ3n) is 3.16. The van der Waals surface area contributed by atoms with Crippen molar-refractivity contribution in [3.8, 4) is 0 Å². The number of hydrogen-bond donors (Lipinski definition) is 1. The first-order valence-corrected chi connectivity index (χ1v) is 8.02. The molecular weight excluding hydrogens is 357 g/mol. The van der Waals surface area contributed by atoms with Crippen molar-refractivity contribution >= 4 is 39.1 Å². The monoisotopic (exact) mass is 371 g/mol. The molecule has 2 aromatic carbocycles. The number of halogens is 3. The van der Waals surface area contributed by atoms with Gasteiger partial charge in [0.05, 0.1) is 16.1 Å². The van der Waals surface area contributed by atoms with Crippen LogP contribution in [-0.4, -0.2) is 6.54 Å². The van der Waals surface area contributed by atoms with Gasteiger partial charge in [0, 0.05) is 4.47 Å². The molecule has 1 N–H and O–H groups in total. The Labute approximate surface area is 138 Å². The molecule has 4 heteroatoms. The van der Waals surface area contributed by atoms with E-state index in [1.54, 1.807) is 0 Å². The summed E-state index contributed by atoms with van der Waals surface area (Å²) in [6, 6.07) is 12.1. The molecule has 0 bridgehead atoms. The lowest BCUT2D eigenvalue weighted by Gasteiger charge is -2.22. The number of rotatable bonds is 4. The fraction of sp³-hybridized carbons (Fsp3) is 0.250. The summed E-state index contributed by atoms with van der Waals surface area (Å²) in [4.78, 5) is 0. The highest BCUT2D eigenvalue weighted by Gasteiger charge is 2.19. The van der Waals surface area contributed by atoms with Gasteiger partial charge in [0.25, 0.3) is 0 Å². The zero-order chi connectivity index (χ0) is 14.7. The third kappa shape index (κ3) is 3.37. The lowest BCUT2D eigenvalue weighted by Crippen LogP contribution is -2.22. The fourth-order valence-corrected chi connectivity index (χ4v) is 3.11. The Bertz CT molecular complexity index is 611. The van der Waals surface area contributed by atoms with Crippen LogP contribution in [0, 0.1) is 6.92 Å². The second kappa shape index (κ2) is 6.95. The van der Waals surface area contributed by atoms with E-state index < -0.39 is 0 Å². The second-order valence-electron chi connectivity index (χ2n) is 4.66. The zero-order valence-electron chi connectivity index (χ0n) is 11.4. The number of benzene rings is 2. The standard InChI is InChI=1S/C16H16BrCl2N/c1-3-20-16(11-5-4-6-14(18)15(11)19)12-9-10(2)7-8-13(12)17/h4-9,16,20H,3H2,1-2H3. The average molecular weight is 373 g/mol. The normalized spacial score (nSPS) is 12.4. The molecule has 0 saturated heterocycles. The van der Waals surface area contributed by atoms with E-state index in [0.29, 0.717) is 10.0 Å². The molecule has 0 heterocycles. The van der Waals surface area contributed by atoms with Crippen LogP contribution < -0.4 is 5.32 Å². The smallest absolute Gasteiger partial charge is 0.0643 e. The van der Waals surface area contributed by atoms with Gasteiger partial charge in [-0.1, -0.05) is 75.9 Å². The Hall–Kier alpha value is -0.540. The van der Waals surface area contributed by atoms with Crippen molar-refractivity contribution in [3.63, 3.8) is 0 Å². The van der Waals surface area contributed by atoms with Crippen molar-refractivity contribution in [2.75, 3.05) is 6.54 Å². The minimum Gasteiger partial charge on any atom is -0.306 e. The summed E-state index contributed by atoms with van der Waals surface area (Å²) < 4.78 is 1.06. The molecule has 0 aliphatic rings. The first-order valence-electron chi connectivity index (χ1n) is 6.48. The predicted octanol–water partition coefficient (Wildman–Crippen LogP) is 5.76. The van der Waals surface area contributed by atoms with E-state index in [1.807, 2.05) is 18.2 Å². The van der Waals surface area contributed by atoms with E-state index >= 15 is 0 Å². The summed E-state index contributed by atoms with van der Waals surface area (Å²) in [5.41, 5.74) is 3.37. The molecule has 1 nitrogen and oxygen atoms in total. The van der Waals surface area contributed by atoms with Gasteiger partial charge in [-0.15, -0.1) is 0 Å². The largest absolute Gasteiger partial charge is 0.306 e. The first kappa shape index (κ1) is 15.8. The Morgan fingerprint density at radius 1 is 1.15 bits per heavy atom. The lowest BCUT2D eigenvalue weighted by atomic mass is 9.97. The molecule has 1 atom stereocenters. The molecule has 106 valence electrons. The molecule has 20 heavy (non-hydrogen) atoms. The fourth-order valence-electron chi connectivity index (χ4n) is 2.22. The van der Waals surface area contributed by atoms with Gasteiger partial charge < -0.3 is 5.32 Å². The van der Waals surface area contributed by atoms with Crippen LogP contribution in [0.15, 0.2) is 40.9 Å². The highest BCUT2D eigenvalue weighted by Crippen LogP contribution is 2.36. The molecule has 0 amide bonds. The van der Waals surface area contributed by atoms with Gasteiger partial charge in [-0.05, 0) is 36.7 Å². The van der Waals surface area contributed by atoms with Crippen LogP contribution in [0.25, 0.3) is 0 Å². The molecule has 0 aliphatic carbocycles.